The van der Waals surface area contributed by atoms with Gasteiger partial charge in [0.15, 0.2) is 5.78 Å². The summed E-state index contributed by atoms with van der Waals surface area (Å²) in [7, 11) is 1.61. The van der Waals surface area contributed by atoms with E-state index in [2.05, 4.69) is 46.6 Å². The van der Waals surface area contributed by atoms with Crippen molar-refractivity contribution in [2.75, 3.05) is 32.1 Å². The van der Waals surface area contributed by atoms with Gasteiger partial charge in [-0.25, -0.2) is 0 Å². The van der Waals surface area contributed by atoms with Gasteiger partial charge in [-0.1, -0.05) is 109 Å². The molecule has 4 aromatic carbocycles. The van der Waals surface area contributed by atoms with Crippen molar-refractivity contribution in [3.63, 3.8) is 0 Å². The lowest BCUT2D eigenvalue weighted by Gasteiger charge is -2.38. The van der Waals surface area contributed by atoms with E-state index in [0.29, 0.717) is 28.4 Å². The number of hydrogen-bond acceptors (Lipinski definition) is 4. The minimum Gasteiger partial charge on any atom is -0.496 e. The molecule has 206 valence electrons. The number of anilines is 1. The number of piperidine rings is 1. The van der Waals surface area contributed by atoms with Crippen LogP contribution in [0.15, 0.2) is 103 Å². The van der Waals surface area contributed by atoms with Gasteiger partial charge in [-0.05, 0) is 61.7 Å². The average molecular weight is 553 g/mol. The van der Waals surface area contributed by atoms with Gasteiger partial charge in [0.1, 0.15) is 11.3 Å². The van der Waals surface area contributed by atoms with Gasteiger partial charge in [0.2, 0.25) is 0 Å². The molecule has 1 aliphatic rings. The van der Waals surface area contributed by atoms with E-state index >= 15 is 0 Å². The van der Waals surface area contributed by atoms with E-state index in [9.17, 15) is 4.79 Å². The first-order valence-electron chi connectivity index (χ1n) is 14.2. The number of methoxy groups -OCH3 is 1. The van der Waals surface area contributed by atoms with Crippen LogP contribution in [0.1, 0.15) is 59.2 Å². The number of Topliss-reactive ketones (excluding diaryl/α,β-unsaturated/α-hetero) is 1. The van der Waals surface area contributed by atoms with Crippen molar-refractivity contribution in [2.24, 2.45) is 0 Å². The van der Waals surface area contributed by atoms with Crippen molar-refractivity contribution in [2.45, 2.75) is 37.6 Å². The highest BCUT2D eigenvalue weighted by Gasteiger charge is 2.37. The van der Waals surface area contributed by atoms with Gasteiger partial charge >= 0.3 is 0 Å². The Balaban J connectivity index is 1.50. The zero-order valence-corrected chi connectivity index (χ0v) is 23.9. The van der Waals surface area contributed by atoms with Crippen LogP contribution in [0, 0.1) is 0 Å². The zero-order valence-electron chi connectivity index (χ0n) is 23.1. The summed E-state index contributed by atoms with van der Waals surface area (Å²) in [5, 5.41) is 4.29. The van der Waals surface area contributed by atoms with Gasteiger partial charge in [-0.15, -0.1) is 0 Å². The third kappa shape index (κ3) is 6.09. The maximum Gasteiger partial charge on any atom is 0.166 e. The number of halogens is 1. The summed E-state index contributed by atoms with van der Waals surface area (Å²) in [6.07, 6.45) is 5.12. The predicted octanol–water partition coefficient (Wildman–Crippen LogP) is 8.20. The lowest BCUT2D eigenvalue weighted by atomic mass is 9.76. The smallest absolute Gasteiger partial charge is 0.166 e. The summed E-state index contributed by atoms with van der Waals surface area (Å²) < 4.78 is 5.76. The Morgan fingerprint density at radius 1 is 0.825 bits per heavy atom. The van der Waals surface area contributed by atoms with Crippen LogP contribution in [0.25, 0.3) is 0 Å². The molecule has 0 spiro atoms. The fourth-order valence-corrected chi connectivity index (χ4v) is 6.01. The first kappa shape index (κ1) is 27.9. The third-order valence-corrected chi connectivity index (χ3v) is 8.17. The van der Waals surface area contributed by atoms with Gasteiger partial charge < -0.3 is 15.0 Å². The van der Waals surface area contributed by atoms with Gasteiger partial charge in [0, 0.05) is 12.5 Å². The van der Waals surface area contributed by atoms with Crippen molar-refractivity contribution in [3.8, 4) is 5.75 Å². The van der Waals surface area contributed by atoms with Crippen LogP contribution in [-0.2, 0) is 5.54 Å². The number of likely N-dealkylation sites (tertiary alicyclic amines) is 1. The zero-order chi connectivity index (χ0) is 27.8. The van der Waals surface area contributed by atoms with Crippen molar-refractivity contribution in [1.82, 2.24) is 4.90 Å². The van der Waals surface area contributed by atoms with Gasteiger partial charge in [0.05, 0.1) is 23.4 Å². The molecule has 0 bridgehead atoms. The highest BCUT2D eigenvalue weighted by atomic mass is 35.5. The summed E-state index contributed by atoms with van der Waals surface area (Å²) in [4.78, 5) is 15.8. The second kappa shape index (κ2) is 13.2. The number of ether oxygens (including phenoxy) is 1. The number of nitrogens with zero attached hydrogens (tertiary/aromatic N) is 1. The second-order valence-corrected chi connectivity index (χ2v) is 10.8. The van der Waals surface area contributed by atoms with Crippen LogP contribution < -0.4 is 10.1 Å². The fraction of sp³-hybridized carbons (Fsp3) is 0.286. The van der Waals surface area contributed by atoms with Crippen molar-refractivity contribution >= 4 is 23.1 Å². The summed E-state index contributed by atoms with van der Waals surface area (Å²) in [6, 6.07) is 34.7. The highest BCUT2D eigenvalue weighted by Crippen LogP contribution is 2.43. The van der Waals surface area contributed by atoms with Gasteiger partial charge in [-0.2, -0.15) is 0 Å². The van der Waals surface area contributed by atoms with Crippen molar-refractivity contribution < 1.29 is 9.53 Å². The highest BCUT2D eigenvalue weighted by molar-refractivity contribution is 6.33. The van der Waals surface area contributed by atoms with E-state index in [4.69, 9.17) is 16.3 Å². The van der Waals surface area contributed by atoms with Crippen LogP contribution in [0.3, 0.4) is 0 Å². The molecule has 0 atom stereocenters. The SMILES string of the molecule is COc1cc(NC(c2ccccc2)(c2ccccc2)c2ccccc2)c(Cl)cc1C(=O)CCCN1CCCCC1. The Hall–Kier alpha value is -3.60. The van der Waals surface area contributed by atoms with Crippen LogP contribution in [-0.4, -0.2) is 37.4 Å². The van der Waals surface area contributed by atoms with Crippen molar-refractivity contribution in [1.29, 1.82) is 0 Å². The van der Waals surface area contributed by atoms with Crippen LogP contribution >= 0.6 is 11.6 Å². The molecule has 0 amide bonds. The monoisotopic (exact) mass is 552 g/mol. The molecule has 1 aliphatic heterocycles. The molecular weight excluding hydrogens is 516 g/mol. The van der Waals surface area contributed by atoms with E-state index in [1.807, 2.05) is 60.7 Å². The lowest BCUT2D eigenvalue weighted by molar-refractivity contribution is 0.0970. The Labute approximate surface area is 242 Å². The first-order valence-corrected chi connectivity index (χ1v) is 14.6. The molecule has 0 aromatic heterocycles. The minimum atomic E-state index is -0.738. The molecule has 4 nitrogen and oxygen atoms in total. The molecule has 1 heterocycles. The predicted molar refractivity (Wildman–Crippen MR) is 165 cm³/mol. The molecule has 40 heavy (non-hydrogen) atoms. The van der Waals surface area contributed by atoms with Gasteiger partial charge in [0.25, 0.3) is 0 Å². The lowest BCUT2D eigenvalue weighted by Crippen LogP contribution is -2.38. The Morgan fingerprint density at radius 2 is 1.35 bits per heavy atom. The number of rotatable bonds is 11. The average Bonchev–Trinajstić information content (AvgIpc) is 3.02. The maximum absolute atomic E-state index is 13.3. The fourth-order valence-electron chi connectivity index (χ4n) is 5.80. The molecule has 1 saturated heterocycles. The summed E-state index contributed by atoms with van der Waals surface area (Å²) >= 11 is 6.95. The largest absolute Gasteiger partial charge is 0.496 e. The quantitative estimate of drug-likeness (QED) is 0.150. The number of carbonyl (C=O) groups is 1. The van der Waals surface area contributed by atoms with E-state index < -0.39 is 5.54 Å². The second-order valence-electron chi connectivity index (χ2n) is 10.4. The molecule has 0 unspecified atom stereocenters. The van der Waals surface area contributed by atoms with E-state index in [1.54, 1.807) is 13.2 Å². The number of hydrogen-bond donors (Lipinski definition) is 1. The Bertz CT molecular complexity index is 1290. The number of carbonyl (C=O) groups excluding carboxylic acids is 1. The third-order valence-electron chi connectivity index (χ3n) is 7.86. The minimum absolute atomic E-state index is 0.0581. The van der Waals surface area contributed by atoms with Crippen LogP contribution in [0.2, 0.25) is 5.02 Å². The first-order chi connectivity index (χ1) is 19.6. The van der Waals surface area contributed by atoms with E-state index in [-0.39, 0.29) is 5.78 Å². The summed E-state index contributed by atoms with van der Waals surface area (Å²) in [5.74, 6) is 0.584. The number of nitrogens with one attached hydrogen (secondary N) is 1. The van der Waals surface area contributed by atoms with Crippen LogP contribution in [0.5, 0.6) is 5.75 Å². The summed E-state index contributed by atoms with van der Waals surface area (Å²) in [6.45, 7) is 3.22. The molecular formula is C35H37ClN2O2. The van der Waals surface area contributed by atoms with E-state index in [1.165, 1.54) is 19.3 Å². The molecule has 0 radical (unpaired) electrons. The Morgan fingerprint density at radius 3 is 1.85 bits per heavy atom. The molecule has 5 rings (SSSR count). The number of benzene rings is 4. The van der Waals surface area contributed by atoms with E-state index in [0.717, 1.165) is 42.7 Å². The molecule has 1 N–H and O–H groups in total. The standard InChI is InChI=1S/C35H37ClN2O2/c1-40-34-26-32(31(36)25-30(34)33(39)21-14-24-38-22-12-5-13-23-38)37-35(27-15-6-2-7-16-27,28-17-8-3-9-18-28)29-19-10-4-11-20-29/h2-4,6-11,15-20,25-26,37H,5,12-14,21-24H2,1H3. The number of ketones is 1. The molecule has 0 aliphatic carbocycles. The topological polar surface area (TPSA) is 41.6 Å². The summed E-state index contributed by atoms with van der Waals surface area (Å²) in [5.41, 5.74) is 3.69. The molecule has 0 saturated carbocycles. The Kier molecular flexibility index (Phi) is 9.20. The normalized spacial score (nSPS) is 14.1. The van der Waals surface area contributed by atoms with Crippen molar-refractivity contribution in [3.05, 3.63) is 130 Å². The molecule has 4 aromatic rings. The van der Waals surface area contributed by atoms with Crippen LogP contribution in [0.4, 0.5) is 5.69 Å². The molecule has 1 fully saturated rings. The maximum atomic E-state index is 13.3. The van der Waals surface area contributed by atoms with Gasteiger partial charge in [-0.3, -0.25) is 4.79 Å². The molecule has 5 heteroatoms.